The number of aromatic nitrogens is 1. The van der Waals surface area contributed by atoms with E-state index in [0.29, 0.717) is 0 Å². The molecule has 0 radical (unpaired) electrons. The van der Waals surface area contributed by atoms with Crippen molar-refractivity contribution in [3.8, 4) is 0 Å². The minimum Gasteiger partial charge on any atom is -0.376 e. The zero-order valence-electron chi connectivity index (χ0n) is 9.64. The molecule has 1 atom stereocenters. The van der Waals surface area contributed by atoms with Gasteiger partial charge in [-0.2, -0.15) is 0 Å². The molecule has 1 rings (SSSR count). The van der Waals surface area contributed by atoms with Crippen molar-refractivity contribution in [1.82, 2.24) is 9.88 Å². The number of rotatable bonds is 4. The summed E-state index contributed by atoms with van der Waals surface area (Å²) in [5.41, 5.74) is 1.92. The molecule has 1 heterocycles. The van der Waals surface area contributed by atoms with Crippen molar-refractivity contribution in [2.24, 2.45) is 0 Å². The van der Waals surface area contributed by atoms with E-state index < -0.39 is 0 Å². The number of likely N-dealkylation sites (N-methyl/N-ethyl adjacent to an activating group) is 1. The third kappa shape index (κ3) is 2.76. The van der Waals surface area contributed by atoms with E-state index >= 15 is 0 Å². The van der Waals surface area contributed by atoms with Crippen LogP contribution in [0.25, 0.3) is 0 Å². The van der Waals surface area contributed by atoms with Crippen molar-refractivity contribution in [3.05, 3.63) is 24.0 Å². The Morgan fingerprint density at radius 3 is 2.40 bits per heavy atom. The van der Waals surface area contributed by atoms with Crippen LogP contribution >= 0.6 is 0 Å². The van der Waals surface area contributed by atoms with Crippen molar-refractivity contribution >= 4 is 12.0 Å². The first-order valence-electron chi connectivity index (χ1n) is 4.80. The van der Waals surface area contributed by atoms with Gasteiger partial charge < -0.3 is 9.69 Å². The molecule has 4 nitrogen and oxygen atoms in total. The summed E-state index contributed by atoms with van der Waals surface area (Å²) in [6, 6.07) is 1.75. The summed E-state index contributed by atoms with van der Waals surface area (Å²) in [6.45, 7) is 0. The van der Waals surface area contributed by atoms with Gasteiger partial charge in [0.25, 0.3) is 0 Å². The molecular weight excluding hydrogens is 190 g/mol. The summed E-state index contributed by atoms with van der Waals surface area (Å²) in [5.74, 6) is 0. The first kappa shape index (κ1) is 11.7. The van der Waals surface area contributed by atoms with Gasteiger partial charge in [0.05, 0.1) is 17.9 Å². The monoisotopic (exact) mass is 207 g/mol. The highest BCUT2D eigenvalue weighted by atomic mass is 16.1. The highest BCUT2D eigenvalue weighted by molar-refractivity contribution is 5.62. The van der Waals surface area contributed by atoms with E-state index in [9.17, 15) is 4.79 Å². The highest BCUT2D eigenvalue weighted by Gasteiger charge is 2.13. The van der Waals surface area contributed by atoms with Crippen LogP contribution in [0.2, 0.25) is 0 Å². The Kier molecular flexibility index (Phi) is 3.80. The van der Waals surface area contributed by atoms with Crippen LogP contribution < -0.4 is 4.90 Å². The maximum atomic E-state index is 10.9. The summed E-state index contributed by atoms with van der Waals surface area (Å²) in [7, 11) is 7.65. The van der Waals surface area contributed by atoms with Crippen molar-refractivity contribution in [2.45, 2.75) is 6.04 Å². The Balaban J connectivity index is 3.03. The number of nitrogens with zero attached hydrogens (tertiary/aromatic N) is 3. The smallest absolute Gasteiger partial charge is 0.141 e. The lowest BCUT2D eigenvalue weighted by atomic mass is 10.1. The van der Waals surface area contributed by atoms with Crippen molar-refractivity contribution in [1.29, 1.82) is 0 Å². The Labute approximate surface area is 90.5 Å². The summed E-state index contributed by atoms with van der Waals surface area (Å²) in [5, 5.41) is 0. The molecular formula is C11H17N3O. The lowest BCUT2D eigenvalue weighted by Crippen LogP contribution is -2.21. The molecule has 0 aliphatic rings. The van der Waals surface area contributed by atoms with Gasteiger partial charge in [-0.3, -0.25) is 9.88 Å². The molecule has 0 aliphatic carbocycles. The number of hydrogen-bond donors (Lipinski definition) is 0. The van der Waals surface area contributed by atoms with E-state index in [0.717, 1.165) is 17.5 Å². The minimum absolute atomic E-state index is 0.225. The van der Waals surface area contributed by atoms with E-state index in [-0.39, 0.29) is 6.04 Å². The van der Waals surface area contributed by atoms with Gasteiger partial charge in [0.2, 0.25) is 0 Å². The second kappa shape index (κ2) is 4.89. The van der Waals surface area contributed by atoms with E-state index in [2.05, 4.69) is 4.98 Å². The first-order chi connectivity index (χ1) is 7.06. The van der Waals surface area contributed by atoms with E-state index in [1.54, 1.807) is 12.4 Å². The standard InChI is InChI=1S/C11H17N3O/c1-13(2)10-5-9(6-12-7-10)11(8-15)14(3)4/h5-8,11H,1-4H3. The summed E-state index contributed by atoms with van der Waals surface area (Å²) in [4.78, 5) is 18.9. The van der Waals surface area contributed by atoms with Crippen molar-refractivity contribution in [3.63, 3.8) is 0 Å². The quantitative estimate of drug-likeness (QED) is 0.689. The summed E-state index contributed by atoms with van der Waals surface area (Å²) >= 11 is 0. The Bertz CT molecular complexity index is 336. The van der Waals surface area contributed by atoms with E-state index in [1.165, 1.54) is 0 Å². The largest absolute Gasteiger partial charge is 0.376 e. The highest BCUT2D eigenvalue weighted by Crippen LogP contribution is 2.19. The number of pyridine rings is 1. The van der Waals surface area contributed by atoms with Crippen LogP contribution in [-0.4, -0.2) is 44.4 Å². The molecule has 0 aliphatic heterocycles. The predicted octanol–water partition coefficient (Wildman–Crippen LogP) is 0.949. The van der Waals surface area contributed by atoms with Crippen LogP contribution in [0, 0.1) is 0 Å². The molecule has 0 fully saturated rings. The number of carbonyl (C=O) groups is 1. The van der Waals surface area contributed by atoms with Crippen LogP contribution in [0.1, 0.15) is 11.6 Å². The third-order valence-electron chi connectivity index (χ3n) is 2.29. The Hall–Kier alpha value is -1.42. The van der Waals surface area contributed by atoms with Gasteiger partial charge in [0.1, 0.15) is 6.29 Å². The lowest BCUT2D eigenvalue weighted by molar-refractivity contribution is -0.111. The topological polar surface area (TPSA) is 36.4 Å². The first-order valence-corrected chi connectivity index (χ1v) is 4.80. The Morgan fingerprint density at radius 2 is 1.93 bits per heavy atom. The fraction of sp³-hybridized carbons (Fsp3) is 0.455. The molecule has 15 heavy (non-hydrogen) atoms. The number of aldehydes is 1. The molecule has 82 valence electrons. The van der Waals surface area contributed by atoms with Crippen LogP contribution in [0.3, 0.4) is 0 Å². The van der Waals surface area contributed by atoms with Crippen LogP contribution in [0.5, 0.6) is 0 Å². The molecule has 0 bridgehead atoms. The van der Waals surface area contributed by atoms with Crippen molar-refractivity contribution < 1.29 is 4.79 Å². The van der Waals surface area contributed by atoms with Gasteiger partial charge in [0.15, 0.2) is 0 Å². The van der Waals surface area contributed by atoms with Gasteiger partial charge in [-0.15, -0.1) is 0 Å². The van der Waals surface area contributed by atoms with Gasteiger partial charge in [0, 0.05) is 20.3 Å². The molecule has 0 spiro atoms. The molecule has 0 N–H and O–H groups in total. The summed E-state index contributed by atoms with van der Waals surface area (Å²) in [6.07, 6.45) is 4.43. The number of anilines is 1. The third-order valence-corrected chi connectivity index (χ3v) is 2.29. The second-order valence-corrected chi connectivity index (χ2v) is 3.92. The zero-order chi connectivity index (χ0) is 11.4. The van der Waals surface area contributed by atoms with Crippen LogP contribution in [-0.2, 0) is 4.79 Å². The van der Waals surface area contributed by atoms with E-state index in [4.69, 9.17) is 0 Å². The number of carbonyl (C=O) groups excluding carboxylic acids is 1. The van der Waals surface area contributed by atoms with Gasteiger partial charge in [-0.1, -0.05) is 0 Å². The molecule has 1 aromatic rings. The number of hydrogen-bond acceptors (Lipinski definition) is 4. The molecule has 1 aromatic heterocycles. The van der Waals surface area contributed by atoms with Crippen LogP contribution in [0.4, 0.5) is 5.69 Å². The fourth-order valence-corrected chi connectivity index (χ4v) is 1.35. The normalized spacial score (nSPS) is 12.6. The fourth-order valence-electron chi connectivity index (χ4n) is 1.35. The molecule has 0 amide bonds. The maximum absolute atomic E-state index is 10.9. The molecule has 0 aromatic carbocycles. The average Bonchev–Trinajstić information content (AvgIpc) is 2.18. The average molecular weight is 207 g/mol. The minimum atomic E-state index is -0.225. The van der Waals surface area contributed by atoms with Gasteiger partial charge in [-0.05, 0) is 25.7 Å². The SMILES string of the molecule is CN(C)c1cncc(C(C=O)N(C)C)c1. The molecule has 4 heteroatoms. The van der Waals surface area contributed by atoms with E-state index in [1.807, 2.05) is 44.1 Å². The molecule has 0 saturated carbocycles. The van der Waals surface area contributed by atoms with Crippen molar-refractivity contribution in [2.75, 3.05) is 33.1 Å². The maximum Gasteiger partial charge on any atom is 0.141 e. The van der Waals surface area contributed by atoms with Crippen LogP contribution in [0.15, 0.2) is 18.5 Å². The lowest BCUT2D eigenvalue weighted by Gasteiger charge is -2.20. The molecule has 1 unspecified atom stereocenters. The molecule has 0 saturated heterocycles. The van der Waals surface area contributed by atoms with Gasteiger partial charge >= 0.3 is 0 Å². The second-order valence-electron chi connectivity index (χ2n) is 3.92. The summed E-state index contributed by atoms with van der Waals surface area (Å²) < 4.78 is 0. The zero-order valence-corrected chi connectivity index (χ0v) is 9.64. The Morgan fingerprint density at radius 1 is 1.27 bits per heavy atom. The predicted molar refractivity (Wildman–Crippen MR) is 61.1 cm³/mol. The van der Waals surface area contributed by atoms with Gasteiger partial charge in [-0.25, -0.2) is 0 Å².